The van der Waals surface area contributed by atoms with E-state index < -0.39 is 5.41 Å². The molecular formula is C73H46N2S. The van der Waals surface area contributed by atoms with E-state index >= 15 is 0 Å². The van der Waals surface area contributed by atoms with Crippen molar-refractivity contribution in [3.8, 4) is 61.3 Å². The molecule has 16 rings (SSSR count). The number of aromatic nitrogens is 1. The van der Waals surface area contributed by atoms with Crippen LogP contribution in [0, 0.1) is 0 Å². The van der Waals surface area contributed by atoms with E-state index in [9.17, 15) is 0 Å². The lowest BCUT2D eigenvalue weighted by atomic mass is 9.70. The van der Waals surface area contributed by atoms with Gasteiger partial charge in [-0.05, 0) is 139 Å². The lowest BCUT2D eigenvalue weighted by molar-refractivity contribution is 0.793. The summed E-state index contributed by atoms with van der Waals surface area (Å²) in [6.45, 7) is 0. The molecule has 12 aromatic carbocycles. The van der Waals surface area contributed by atoms with E-state index in [0.29, 0.717) is 0 Å². The summed E-state index contributed by atoms with van der Waals surface area (Å²) < 4.78 is 5.09. The lowest BCUT2D eigenvalue weighted by Gasteiger charge is -2.32. The molecule has 2 nitrogen and oxygen atoms in total. The molecule has 2 aromatic heterocycles. The molecule has 0 saturated heterocycles. The number of hydrogen-bond acceptors (Lipinski definition) is 2. The molecule has 0 N–H and O–H groups in total. The second-order valence-corrected chi connectivity index (χ2v) is 21.4. The topological polar surface area (TPSA) is 8.17 Å². The highest BCUT2D eigenvalue weighted by Gasteiger charge is 2.51. The molecule has 0 radical (unpaired) electrons. The van der Waals surface area contributed by atoms with Crippen molar-refractivity contribution < 1.29 is 0 Å². The second kappa shape index (κ2) is 16.7. The number of benzene rings is 12. The van der Waals surface area contributed by atoms with Gasteiger partial charge in [-0.25, -0.2) is 0 Å². The number of thiophene rings is 1. The first-order chi connectivity index (χ1) is 37.7. The van der Waals surface area contributed by atoms with E-state index in [1.54, 1.807) is 0 Å². The highest BCUT2D eigenvalue weighted by atomic mass is 32.1. The van der Waals surface area contributed by atoms with Crippen molar-refractivity contribution >= 4 is 70.4 Å². The number of nitrogens with zero attached hydrogens (tertiary/aromatic N) is 2. The van der Waals surface area contributed by atoms with E-state index in [2.05, 4.69) is 289 Å². The molecule has 0 bridgehead atoms. The minimum absolute atomic E-state index is 0.460. The molecule has 1 spiro atoms. The van der Waals surface area contributed by atoms with Crippen LogP contribution >= 0.6 is 11.3 Å². The lowest BCUT2D eigenvalue weighted by Crippen LogP contribution is -2.26. The third kappa shape index (κ3) is 6.21. The minimum Gasteiger partial charge on any atom is -0.310 e. The minimum atomic E-state index is -0.460. The molecular weight excluding hydrogens is 937 g/mol. The molecule has 2 aliphatic carbocycles. The van der Waals surface area contributed by atoms with E-state index in [1.165, 1.54) is 114 Å². The van der Waals surface area contributed by atoms with Crippen LogP contribution in [-0.4, -0.2) is 4.57 Å². The molecule has 354 valence electrons. The molecule has 0 aliphatic heterocycles. The normalized spacial score (nSPS) is 12.8. The van der Waals surface area contributed by atoms with Gasteiger partial charge in [0.2, 0.25) is 0 Å². The number of hydrogen-bond donors (Lipinski definition) is 0. The zero-order valence-corrected chi connectivity index (χ0v) is 42.2. The molecule has 0 saturated carbocycles. The smallest absolute Gasteiger partial charge is 0.0726 e. The van der Waals surface area contributed by atoms with Gasteiger partial charge >= 0.3 is 0 Å². The van der Waals surface area contributed by atoms with Crippen LogP contribution < -0.4 is 4.90 Å². The third-order valence-electron chi connectivity index (χ3n) is 16.4. The quantitative estimate of drug-likeness (QED) is 0.154. The van der Waals surface area contributed by atoms with Crippen molar-refractivity contribution in [1.29, 1.82) is 0 Å². The zero-order valence-electron chi connectivity index (χ0n) is 41.4. The Morgan fingerprint density at radius 1 is 0.303 bits per heavy atom. The van der Waals surface area contributed by atoms with Gasteiger partial charge in [-0.1, -0.05) is 212 Å². The first kappa shape index (κ1) is 42.9. The highest BCUT2D eigenvalue weighted by Crippen LogP contribution is 2.63. The molecule has 0 fully saturated rings. The number of fused-ring (bicyclic) bond motifs is 16. The average Bonchev–Trinajstić information content (AvgIpc) is 4.29. The van der Waals surface area contributed by atoms with E-state index in [-0.39, 0.29) is 0 Å². The predicted octanol–water partition coefficient (Wildman–Crippen LogP) is 20.0. The molecule has 14 aromatic rings. The third-order valence-corrected chi connectivity index (χ3v) is 17.6. The van der Waals surface area contributed by atoms with Crippen molar-refractivity contribution in [2.45, 2.75) is 5.41 Å². The number of anilines is 3. The van der Waals surface area contributed by atoms with Gasteiger partial charge in [0.15, 0.2) is 0 Å². The van der Waals surface area contributed by atoms with Gasteiger partial charge in [0, 0.05) is 47.9 Å². The summed E-state index contributed by atoms with van der Waals surface area (Å²) in [7, 11) is 0. The molecule has 2 heterocycles. The highest BCUT2D eigenvalue weighted by molar-refractivity contribution is 7.25. The summed E-state index contributed by atoms with van der Waals surface area (Å²) in [5, 5.41) is 5.11. The standard InChI is InChI=1S/C73H46N2S/c1-2-17-47(18-3-1)48-37-40-52(41-38-48)74(53-42-43-58-57-22-6-12-27-64(57)73(65(58)46-53)62-25-10-4-20-55(62)56-21-5-11-26-63(56)73)66-28-13-7-19-54(66)50-35-33-49(34-36-50)51-39-44-68-61(45-51)59-23-8-14-29-67(59)75(68)69-30-16-32-71-72(69)60-24-9-15-31-70(60)76-71/h1-46H. The average molecular weight is 983 g/mol. The van der Waals surface area contributed by atoms with Crippen LogP contribution in [0.15, 0.2) is 279 Å². The van der Waals surface area contributed by atoms with Crippen LogP contribution in [0.3, 0.4) is 0 Å². The Bertz CT molecular complexity index is 4570. The molecule has 0 amide bonds. The Balaban J connectivity index is 0.833. The van der Waals surface area contributed by atoms with Crippen molar-refractivity contribution in [2.24, 2.45) is 0 Å². The summed E-state index contributed by atoms with van der Waals surface area (Å²) in [6.07, 6.45) is 0. The maximum Gasteiger partial charge on any atom is 0.0726 e. The maximum absolute atomic E-state index is 2.50. The maximum atomic E-state index is 2.50. The summed E-state index contributed by atoms with van der Waals surface area (Å²) in [6, 6.07) is 104. The zero-order chi connectivity index (χ0) is 49.9. The van der Waals surface area contributed by atoms with Gasteiger partial charge in [-0.15, -0.1) is 11.3 Å². The van der Waals surface area contributed by atoms with Crippen molar-refractivity contribution in [1.82, 2.24) is 4.57 Å². The van der Waals surface area contributed by atoms with E-state index in [1.807, 2.05) is 11.3 Å². The molecule has 0 atom stereocenters. The Labute approximate surface area is 445 Å². The fraction of sp³-hybridized carbons (Fsp3) is 0.0137. The van der Waals surface area contributed by atoms with Crippen molar-refractivity contribution in [2.75, 3.05) is 4.90 Å². The Morgan fingerprint density at radius 3 is 1.55 bits per heavy atom. The van der Waals surface area contributed by atoms with Crippen LogP contribution in [0.2, 0.25) is 0 Å². The van der Waals surface area contributed by atoms with Crippen LogP contribution in [0.1, 0.15) is 22.3 Å². The first-order valence-corrected chi connectivity index (χ1v) is 27.1. The summed E-state index contributed by atoms with van der Waals surface area (Å²) in [5.41, 5.74) is 24.1. The second-order valence-electron chi connectivity index (χ2n) is 20.3. The fourth-order valence-corrected chi connectivity index (χ4v) is 14.3. The predicted molar refractivity (Wildman–Crippen MR) is 321 cm³/mol. The van der Waals surface area contributed by atoms with Gasteiger partial charge in [-0.3, -0.25) is 0 Å². The van der Waals surface area contributed by atoms with Crippen molar-refractivity contribution in [3.63, 3.8) is 0 Å². The summed E-state index contributed by atoms with van der Waals surface area (Å²) in [5.74, 6) is 0. The number of para-hydroxylation sites is 2. The SMILES string of the molecule is c1ccc(-c2ccc(N(c3ccc4c(c3)C3(c5ccccc5-c5ccccc53)c3ccccc3-4)c3ccccc3-c3ccc(-c4ccc5c(c4)c4ccccc4n5-c4cccc5sc6ccccc6c45)cc3)cc2)cc1. The monoisotopic (exact) mass is 982 g/mol. The Kier molecular flexibility index (Phi) is 9.45. The van der Waals surface area contributed by atoms with Gasteiger partial charge in [0.25, 0.3) is 0 Å². The Morgan fingerprint density at radius 2 is 0.816 bits per heavy atom. The molecule has 0 unspecified atom stereocenters. The van der Waals surface area contributed by atoms with Gasteiger partial charge < -0.3 is 9.47 Å². The van der Waals surface area contributed by atoms with Crippen molar-refractivity contribution in [3.05, 3.63) is 301 Å². The fourth-order valence-electron chi connectivity index (χ4n) is 13.2. The number of rotatable bonds is 7. The molecule has 3 heteroatoms. The van der Waals surface area contributed by atoms with Gasteiger partial charge in [0.05, 0.1) is 27.8 Å². The van der Waals surface area contributed by atoms with Crippen LogP contribution in [0.4, 0.5) is 17.1 Å². The summed E-state index contributed by atoms with van der Waals surface area (Å²) in [4.78, 5) is 2.48. The largest absolute Gasteiger partial charge is 0.310 e. The first-order valence-electron chi connectivity index (χ1n) is 26.2. The van der Waals surface area contributed by atoms with Crippen LogP contribution in [0.25, 0.3) is 103 Å². The molecule has 76 heavy (non-hydrogen) atoms. The Hall–Kier alpha value is -9.54. The van der Waals surface area contributed by atoms with Gasteiger partial charge in [0.1, 0.15) is 0 Å². The van der Waals surface area contributed by atoms with Crippen LogP contribution in [-0.2, 0) is 5.41 Å². The van der Waals surface area contributed by atoms with Crippen LogP contribution in [0.5, 0.6) is 0 Å². The van der Waals surface area contributed by atoms with E-state index in [4.69, 9.17) is 0 Å². The van der Waals surface area contributed by atoms with Gasteiger partial charge in [-0.2, -0.15) is 0 Å². The summed E-state index contributed by atoms with van der Waals surface area (Å²) >= 11 is 1.87. The van der Waals surface area contributed by atoms with E-state index in [0.717, 1.165) is 28.2 Å². The molecule has 2 aliphatic rings.